The maximum absolute atomic E-state index is 12.3. The van der Waals surface area contributed by atoms with E-state index in [0.717, 1.165) is 49.4 Å². The van der Waals surface area contributed by atoms with Crippen LogP contribution in [0.15, 0.2) is 54.5 Å². The van der Waals surface area contributed by atoms with Gasteiger partial charge in [0.25, 0.3) is 0 Å². The summed E-state index contributed by atoms with van der Waals surface area (Å²) >= 11 is 0.0812. The van der Waals surface area contributed by atoms with E-state index < -0.39 is 0 Å². The average molecular weight is 961 g/mol. The van der Waals surface area contributed by atoms with Gasteiger partial charge in [-0.05, 0) is 23.7 Å². The molecular formula is C46H62IrN3O2Se-. The number of allylic oxidation sites excluding steroid dienone is 2. The monoisotopic (exact) mass is 962 g/mol. The molecule has 1 radical (unpaired) electrons. The second-order valence-electron chi connectivity index (χ2n) is 18.2. The van der Waals surface area contributed by atoms with Crippen molar-refractivity contribution in [1.82, 2.24) is 15.0 Å². The van der Waals surface area contributed by atoms with Gasteiger partial charge in [-0.3, -0.25) is 4.79 Å². The molecule has 5 aromatic rings. The number of ketones is 1. The maximum Gasteiger partial charge on any atom is 0 e. The number of aromatic nitrogens is 3. The zero-order chi connectivity index (χ0) is 39.7. The van der Waals surface area contributed by atoms with E-state index in [1.54, 1.807) is 0 Å². The van der Waals surface area contributed by atoms with Crippen molar-refractivity contribution in [2.45, 2.75) is 116 Å². The third-order valence-corrected chi connectivity index (χ3v) is 12.2. The van der Waals surface area contributed by atoms with E-state index >= 15 is 0 Å². The van der Waals surface area contributed by atoms with Gasteiger partial charge in [0.1, 0.15) is 0 Å². The van der Waals surface area contributed by atoms with Gasteiger partial charge in [-0.1, -0.05) is 55.4 Å². The number of hydrogen-bond acceptors (Lipinski definition) is 5. The quantitative estimate of drug-likeness (QED) is 0.0689. The third-order valence-electron chi connectivity index (χ3n) is 9.75. The smallest absolute Gasteiger partial charge is 0 e. The Labute approximate surface area is 340 Å². The molecule has 0 unspecified atom stereocenters. The molecule has 1 N–H and O–H groups in total. The zero-order valence-electron chi connectivity index (χ0n) is 35.7. The Morgan fingerprint density at radius 1 is 0.868 bits per heavy atom. The van der Waals surface area contributed by atoms with Crippen molar-refractivity contribution in [2.75, 3.05) is 0 Å². The molecule has 289 valence electrons. The largest absolute Gasteiger partial charge is 0 e. The van der Waals surface area contributed by atoms with Crippen molar-refractivity contribution < 1.29 is 31.4 Å². The number of hydrogen-bond donors (Lipinski definition) is 1. The fraction of sp³-hybridized carbons (Fsp3) is 0.522. The van der Waals surface area contributed by atoms with Crippen LogP contribution >= 0.6 is 0 Å². The van der Waals surface area contributed by atoms with Gasteiger partial charge in [-0.15, -0.1) is 0 Å². The first-order valence-corrected chi connectivity index (χ1v) is 20.7. The molecule has 5 nitrogen and oxygen atoms in total. The van der Waals surface area contributed by atoms with Crippen LogP contribution in [-0.2, 0) is 36.7 Å². The molecule has 2 aromatic carbocycles. The Bertz CT molecular complexity index is 2100. The summed E-state index contributed by atoms with van der Waals surface area (Å²) in [6.45, 7) is 32.1. The number of pyridine rings is 1. The zero-order valence-corrected chi connectivity index (χ0v) is 38.8. The minimum atomic E-state index is -0.0845. The molecule has 53 heavy (non-hydrogen) atoms. The van der Waals surface area contributed by atoms with Gasteiger partial charge in [0, 0.05) is 38.0 Å². The number of fused-ring (bicyclic) bond motifs is 4. The van der Waals surface area contributed by atoms with Crippen molar-refractivity contribution in [2.24, 2.45) is 40.9 Å². The van der Waals surface area contributed by atoms with Gasteiger partial charge in [0.15, 0.2) is 5.78 Å². The number of rotatable bonds is 9. The first kappa shape index (κ1) is 43.0. The van der Waals surface area contributed by atoms with Crippen LogP contribution in [0.25, 0.3) is 41.6 Å². The van der Waals surface area contributed by atoms with Crippen molar-refractivity contribution in [1.29, 1.82) is 0 Å². The first-order chi connectivity index (χ1) is 24.5. The van der Waals surface area contributed by atoms with Gasteiger partial charge in [0.2, 0.25) is 0 Å². The summed E-state index contributed by atoms with van der Waals surface area (Å²) in [5.41, 5.74) is 7.37. The number of carbonyl (C=O) groups excluding carboxylic acids is 1. The standard InChI is InChI=1S/C29H30N3Se.C17H32O2.Ir/c1-17-8-10-19-13-20(14-22(24(19)32-17)29(5,6)7)25-27-26(31-16-30-25)21-11-9-18(12-23(21)33-27)15-28(2,3)4;1-10(2)16(11(3)4)14(18)9-15(19)17(12(5)6)13(7)8;/h8-12,14,16H,15H2,1-7H3;9-13,16-18H,1-8H3;/q-1;;/b;14-9-;/i16D;;. The Morgan fingerprint density at radius 2 is 1.47 bits per heavy atom. The van der Waals surface area contributed by atoms with Crippen LogP contribution in [0.5, 0.6) is 0 Å². The van der Waals surface area contributed by atoms with Crippen LogP contribution in [0.4, 0.5) is 0 Å². The predicted molar refractivity (Wildman–Crippen MR) is 222 cm³/mol. The minimum Gasteiger partial charge on any atom is 0 e. The van der Waals surface area contributed by atoms with E-state index in [1.807, 2.05) is 13.0 Å². The van der Waals surface area contributed by atoms with Crippen LogP contribution in [-0.4, -0.2) is 40.3 Å². The van der Waals surface area contributed by atoms with Crippen LogP contribution < -0.4 is 0 Å². The number of aliphatic hydroxyl groups excluding tert-OH is 1. The van der Waals surface area contributed by atoms with Crippen LogP contribution in [0, 0.1) is 53.9 Å². The minimum absolute atomic E-state index is 0. The fourth-order valence-corrected chi connectivity index (χ4v) is 10.2. The second kappa shape index (κ2) is 17.8. The number of aliphatic hydroxyl groups is 1. The molecule has 0 aliphatic heterocycles. The number of carbonyl (C=O) groups is 1. The summed E-state index contributed by atoms with van der Waals surface area (Å²) < 4.78 is 10.9. The third kappa shape index (κ3) is 11.0. The molecule has 0 spiro atoms. The molecule has 0 saturated heterocycles. The normalized spacial score (nSPS) is 13.2. The van der Waals surface area contributed by atoms with Crippen molar-refractivity contribution in [3.8, 4) is 11.3 Å². The topological polar surface area (TPSA) is 76.0 Å². The van der Waals surface area contributed by atoms with Gasteiger partial charge < -0.3 is 5.11 Å². The van der Waals surface area contributed by atoms with Crippen LogP contribution in [0.3, 0.4) is 0 Å². The fourth-order valence-electron chi connectivity index (χ4n) is 7.65. The summed E-state index contributed by atoms with van der Waals surface area (Å²) in [5.74, 6) is 1.63. The Balaban J connectivity index is 0.000000338. The number of benzene rings is 2. The Kier molecular flexibility index (Phi) is 14.5. The van der Waals surface area contributed by atoms with Gasteiger partial charge in [-0.25, -0.2) is 0 Å². The Morgan fingerprint density at radius 3 is 2.02 bits per heavy atom. The summed E-state index contributed by atoms with van der Waals surface area (Å²) in [5, 5.41) is 12.4. The van der Waals surface area contributed by atoms with Gasteiger partial charge >= 0.3 is 204 Å². The summed E-state index contributed by atoms with van der Waals surface area (Å²) in [6.07, 6.45) is 2.58. The molecule has 7 heteroatoms. The number of nitrogens with zero attached hydrogens (tertiary/aromatic N) is 3. The van der Waals surface area contributed by atoms with Crippen molar-refractivity contribution >= 4 is 50.6 Å². The van der Waals surface area contributed by atoms with Gasteiger partial charge in [0.05, 0.1) is 5.76 Å². The molecule has 0 fully saturated rings. The summed E-state index contributed by atoms with van der Waals surface area (Å²) in [4.78, 5) is 26.4. The molecule has 0 saturated carbocycles. The van der Waals surface area contributed by atoms with Crippen LogP contribution in [0.1, 0.15) is 115 Å². The molecule has 5 rings (SSSR count). The van der Waals surface area contributed by atoms with E-state index in [0.29, 0.717) is 23.7 Å². The van der Waals surface area contributed by atoms with E-state index in [4.69, 9.17) is 6.35 Å². The molecule has 0 atom stereocenters. The number of aryl methyl sites for hydroxylation is 1. The molecule has 3 heterocycles. The molecular weight excluding hydrogens is 898 g/mol. The molecule has 0 aliphatic rings. The van der Waals surface area contributed by atoms with Gasteiger partial charge in [-0.2, -0.15) is 0 Å². The van der Waals surface area contributed by atoms with E-state index in [-0.39, 0.29) is 75.1 Å². The predicted octanol–water partition coefficient (Wildman–Crippen LogP) is 11.9. The molecule has 0 bridgehead atoms. The molecule has 0 amide bonds. The molecule has 0 aliphatic carbocycles. The first-order valence-electron chi connectivity index (χ1n) is 19.5. The second-order valence-corrected chi connectivity index (χ2v) is 20.4. The van der Waals surface area contributed by atoms with E-state index in [2.05, 4.69) is 143 Å². The molecule has 3 aromatic heterocycles. The van der Waals surface area contributed by atoms with Crippen LogP contribution in [0.2, 0.25) is 0 Å². The summed E-state index contributed by atoms with van der Waals surface area (Å²) in [6, 6.07) is 16.6. The SMILES string of the molecule is CC(C)C(C(=O)/C=C(\O)C(C(C)C)C(C)C)C(C)C.[2H]c1nc(-c2[c-]c3ccc(C)nc3c(C(C)(C)C)c2)c2[se]c3cc(CC(C)(C)C)ccc3c2n1.[Ir]. The Hall–Kier alpha value is -2.69. The van der Waals surface area contributed by atoms with E-state index in [9.17, 15) is 9.90 Å². The van der Waals surface area contributed by atoms with Crippen molar-refractivity contribution in [3.05, 3.63) is 77.4 Å². The average Bonchev–Trinajstić information content (AvgIpc) is 3.35. The summed E-state index contributed by atoms with van der Waals surface area (Å²) in [7, 11) is 0. The van der Waals surface area contributed by atoms with Crippen molar-refractivity contribution in [3.63, 3.8) is 0 Å². The maximum atomic E-state index is 12.3. The van der Waals surface area contributed by atoms with E-state index in [1.165, 1.54) is 21.5 Å².